The lowest BCUT2D eigenvalue weighted by atomic mass is 10.1. The lowest BCUT2D eigenvalue weighted by Crippen LogP contribution is -2.38. The normalized spacial score (nSPS) is 13.6. The predicted octanol–water partition coefficient (Wildman–Crippen LogP) is 3.90. The van der Waals surface area contributed by atoms with E-state index >= 15 is 0 Å². The van der Waals surface area contributed by atoms with Gasteiger partial charge in [0.15, 0.2) is 6.61 Å². The van der Waals surface area contributed by atoms with Gasteiger partial charge in [0.1, 0.15) is 0 Å². The van der Waals surface area contributed by atoms with Crippen molar-refractivity contribution in [2.24, 2.45) is 0 Å². The van der Waals surface area contributed by atoms with E-state index in [4.69, 9.17) is 4.74 Å². The van der Waals surface area contributed by atoms with Gasteiger partial charge in [0.05, 0.1) is 11.3 Å². The van der Waals surface area contributed by atoms with Crippen molar-refractivity contribution in [3.8, 4) is 0 Å². The minimum Gasteiger partial charge on any atom is -0.452 e. The first-order chi connectivity index (χ1) is 14.5. The fourth-order valence-corrected chi connectivity index (χ4v) is 4.02. The van der Waals surface area contributed by atoms with E-state index in [0.29, 0.717) is 10.5 Å². The van der Waals surface area contributed by atoms with Gasteiger partial charge in [0.2, 0.25) is 5.91 Å². The summed E-state index contributed by atoms with van der Waals surface area (Å²) in [5.74, 6) is -0.717. The highest BCUT2D eigenvalue weighted by atomic mass is 32.2. The van der Waals surface area contributed by atoms with Crippen molar-refractivity contribution >= 4 is 35.2 Å². The Bertz CT molecular complexity index is 892. The first-order valence-corrected chi connectivity index (χ1v) is 11.0. The number of esters is 1. The molecule has 2 aromatic carbocycles. The molecular formula is C23H26N2O4S. The third-order valence-electron chi connectivity index (χ3n) is 4.84. The molecule has 1 N–H and O–H groups in total. The second-order valence-corrected chi connectivity index (χ2v) is 8.23. The molecule has 1 saturated heterocycles. The number of amides is 2. The molecule has 0 atom stereocenters. The first kappa shape index (κ1) is 21.9. The molecule has 0 saturated carbocycles. The molecule has 158 valence electrons. The van der Waals surface area contributed by atoms with Crippen molar-refractivity contribution in [3.05, 3.63) is 59.7 Å². The fourth-order valence-electron chi connectivity index (χ4n) is 3.18. The first-order valence-electron chi connectivity index (χ1n) is 10.1. The molecule has 0 bridgehead atoms. The Morgan fingerprint density at radius 1 is 1.00 bits per heavy atom. The Labute approximate surface area is 181 Å². The molecule has 0 radical (unpaired) electrons. The molecule has 3 rings (SSSR count). The summed E-state index contributed by atoms with van der Waals surface area (Å²) >= 11 is 1.26. The number of piperidine rings is 1. The van der Waals surface area contributed by atoms with Crippen molar-refractivity contribution in [1.29, 1.82) is 0 Å². The molecular weight excluding hydrogens is 400 g/mol. The number of carbonyl (C=O) groups excluding carboxylic acids is 3. The minimum absolute atomic E-state index is 0.158. The zero-order valence-corrected chi connectivity index (χ0v) is 17.9. The molecule has 1 aliphatic heterocycles. The molecule has 0 spiro atoms. The maximum absolute atomic E-state index is 12.5. The predicted molar refractivity (Wildman–Crippen MR) is 118 cm³/mol. The van der Waals surface area contributed by atoms with Gasteiger partial charge in [-0.15, -0.1) is 11.8 Å². The van der Waals surface area contributed by atoms with Crippen LogP contribution in [0.25, 0.3) is 0 Å². The number of hydrogen-bond donors (Lipinski definition) is 1. The lowest BCUT2D eigenvalue weighted by molar-refractivity contribution is -0.135. The van der Waals surface area contributed by atoms with E-state index in [1.807, 2.05) is 31.2 Å². The van der Waals surface area contributed by atoms with Gasteiger partial charge in [0, 0.05) is 23.7 Å². The molecule has 7 heteroatoms. The molecule has 6 nitrogen and oxygen atoms in total. The number of rotatable bonds is 7. The Kier molecular flexibility index (Phi) is 7.90. The van der Waals surface area contributed by atoms with Gasteiger partial charge in [0.25, 0.3) is 5.91 Å². The number of thioether (sulfide) groups is 1. The molecule has 0 aromatic heterocycles. The average molecular weight is 427 g/mol. The molecule has 1 heterocycles. The Hall–Kier alpha value is -2.80. The number of likely N-dealkylation sites (tertiary alicyclic amines) is 1. The minimum atomic E-state index is -0.553. The number of anilines is 1. The molecule has 30 heavy (non-hydrogen) atoms. The molecule has 2 aromatic rings. The summed E-state index contributed by atoms with van der Waals surface area (Å²) in [6.45, 7) is 3.17. The number of nitrogens with zero attached hydrogens (tertiary/aromatic N) is 1. The van der Waals surface area contributed by atoms with E-state index in [0.717, 1.165) is 43.6 Å². The van der Waals surface area contributed by atoms with Gasteiger partial charge in [-0.05, 0) is 50.5 Å². The SMILES string of the molecule is Cc1ccc(NC(=O)CSc2ccccc2C(=O)OCC(=O)N2CCCCC2)cc1. The van der Waals surface area contributed by atoms with Gasteiger partial charge in [-0.1, -0.05) is 29.8 Å². The summed E-state index contributed by atoms with van der Waals surface area (Å²) in [4.78, 5) is 39.4. The Morgan fingerprint density at radius 2 is 1.70 bits per heavy atom. The van der Waals surface area contributed by atoms with Gasteiger partial charge in [-0.3, -0.25) is 9.59 Å². The average Bonchev–Trinajstić information content (AvgIpc) is 2.78. The number of carbonyl (C=O) groups is 3. The zero-order valence-electron chi connectivity index (χ0n) is 17.1. The maximum atomic E-state index is 12.5. The number of hydrogen-bond acceptors (Lipinski definition) is 5. The van der Waals surface area contributed by atoms with Gasteiger partial charge in [-0.2, -0.15) is 0 Å². The number of nitrogens with one attached hydrogen (secondary N) is 1. The zero-order chi connectivity index (χ0) is 21.3. The maximum Gasteiger partial charge on any atom is 0.339 e. The largest absolute Gasteiger partial charge is 0.452 e. The van der Waals surface area contributed by atoms with Crippen LogP contribution in [0.2, 0.25) is 0 Å². The van der Waals surface area contributed by atoms with E-state index in [-0.39, 0.29) is 24.2 Å². The third-order valence-corrected chi connectivity index (χ3v) is 5.91. The quantitative estimate of drug-likeness (QED) is 0.537. The van der Waals surface area contributed by atoms with Crippen molar-refractivity contribution < 1.29 is 19.1 Å². The second-order valence-electron chi connectivity index (χ2n) is 7.22. The van der Waals surface area contributed by atoms with Crippen molar-refractivity contribution in [2.75, 3.05) is 30.8 Å². The Morgan fingerprint density at radius 3 is 2.43 bits per heavy atom. The standard InChI is InChI=1S/C23H26N2O4S/c1-17-9-11-18(12-10-17)24-21(26)16-30-20-8-4-3-7-19(20)23(28)29-15-22(27)25-13-5-2-6-14-25/h3-4,7-12H,2,5-6,13-16H2,1H3,(H,24,26). The second kappa shape index (κ2) is 10.8. The van der Waals surface area contributed by atoms with Crippen LogP contribution >= 0.6 is 11.8 Å². The molecule has 0 aliphatic carbocycles. The fraction of sp³-hybridized carbons (Fsp3) is 0.348. The van der Waals surface area contributed by atoms with Crippen molar-refractivity contribution in [1.82, 2.24) is 4.90 Å². The lowest BCUT2D eigenvalue weighted by Gasteiger charge is -2.26. The molecule has 0 unspecified atom stereocenters. The number of aryl methyl sites for hydroxylation is 1. The Balaban J connectivity index is 1.52. The molecule has 2 amide bonds. The summed E-state index contributed by atoms with van der Waals surface area (Å²) in [7, 11) is 0. The van der Waals surface area contributed by atoms with Crippen LogP contribution < -0.4 is 5.32 Å². The molecule has 1 aliphatic rings. The van der Waals surface area contributed by atoms with Crippen LogP contribution in [0, 0.1) is 6.92 Å². The van der Waals surface area contributed by atoms with E-state index < -0.39 is 5.97 Å². The topological polar surface area (TPSA) is 75.7 Å². The van der Waals surface area contributed by atoms with Crippen LogP contribution in [0.5, 0.6) is 0 Å². The van der Waals surface area contributed by atoms with Crippen LogP contribution in [-0.4, -0.2) is 48.1 Å². The van der Waals surface area contributed by atoms with Crippen molar-refractivity contribution in [2.45, 2.75) is 31.1 Å². The summed E-state index contributed by atoms with van der Waals surface area (Å²) in [5.41, 5.74) is 2.21. The smallest absolute Gasteiger partial charge is 0.339 e. The van der Waals surface area contributed by atoms with Crippen molar-refractivity contribution in [3.63, 3.8) is 0 Å². The third kappa shape index (κ3) is 6.35. The van der Waals surface area contributed by atoms with Crippen LogP contribution in [0.3, 0.4) is 0 Å². The summed E-state index contributed by atoms with van der Waals surface area (Å²) in [6.07, 6.45) is 3.11. The van der Waals surface area contributed by atoms with Gasteiger partial charge < -0.3 is 15.0 Å². The number of benzene rings is 2. The highest BCUT2D eigenvalue weighted by molar-refractivity contribution is 8.00. The van der Waals surface area contributed by atoms with E-state index in [1.165, 1.54) is 11.8 Å². The van der Waals surface area contributed by atoms with Crippen LogP contribution in [0.4, 0.5) is 5.69 Å². The van der Waals surface area contributed by atoms with Crippen LogP contribution in [0.1, 0.15) is 35.2 Å². The summed E-state index contributed by atoms with van der Waals surface area (Å²) in [6, 6.07) is 14.5. The van der Waals surface area contributed by atoms with E-state index in [9.17, 15) is 14.4 Å². The van der Waals surface area contributed by atoms with Crippen LogP contribution in [-0.2, 0) is 14.3 Å². The van der Waals surface area contributed by atoms with E-state index in [2.05, 4.69) is 5.32 Å². The summed E-state index contributed by atoms with van der Waals surface area (Å²) in [5, 5.41) is 2.84. The van der Waals surface area contributed by atoms with Gasteiger partial charge >= 0.3 is 5.97 Å². The highest BCUT2D eigenvalue weighted by Gasteiger charge is 2.20. The van der Waals surface area contributed by atoms with Gasteiger partial charge in [-0.25, -0.2) is 4.79 Å². The highest BCUT2D eigenvalue weighted by Crippen LogP contribution is 2.24. The van der Waals surface area contributed by atoms with Crippen LogP contribution in [0.15, 0.2) is 53.4 Å². The van der Waals surface area contributed by atoms with E-state index in [1.54, 1.807) is 29.2 Å². The number of ether oxygens (including phenoxy) is 1. The molecule has 1 fully saturated rings. The monoisotopic (exact) mass is 426 g/mol. The summed E-state index contributed by atoms with van der Waals surface area (Å²) < 4.78 is 5.25.